The molecule has 0 unspecified atom stereocenters. The SMILES string of the molecule is O=C(CN1CCN(C(=O)CCc2cccc(Cl)c2)CC1)Nc1ccccc1Cl. The third-order valence-corrected chi connectivity index (χ3v) is 5.32. The van der Waals surface area contributed by atoms with Crippen molar-refractivity contribution in [2.24, 2.45) is 0 Å². The van der Waals surface area contributed by atoms with E-state index in [1.165, 1.54) is 0 Å². The van der Waals surface area contributed by atoms with Crippen LogP contribution in [0.15, 0.2) is 48.5 Å². The van der Waals surface area contributed by atoms with Crippen molar-refractivity contribution in [1.82, 2.24) is 9.80 Å². The number of aryl methyl sites for hydroxylation is 1. The van der Waals surface area contributed by atoms with Crippen molar-refractivity contribution in [2.75, 3.05) is 38.0 Å². The zero-order valence-corrected chi connectivity index (χ0v) is 17.0. The molecule has 148 valence electrons. The summed E-state index contributed by atoms with van der Waals surface area (Å²) in [5.41, 5.74) is 1.68. The highest BCUT2D eigenvalue weighted by Crippen LogP contribution is 2.20. The van der Waals surface area contributed by atoms with Crippen molar-refractivity contribution in [3.8, 4) is 0 Å². The Morgan fingerprint density at radius 3 is 2.43 bits per heavy atom. The molecule has 1 N–H and O–H groups in total. The number of rotatable bonds is 6. The van der Waals surface area contributed by atoms with E-state index in [9.17, 15) is 9.59 Å². The van der Waals surface area contributed by atoms with Crippen LogP contribution in [0.3, 0.4) is 0 Å². The highest BCUT2D eigenvalue weighted by Gasteiger charge is 2.22. The van der Waals surface area contributed by atoms with Gasteiger partial charge in [0.1, 0.15) is 0 Å². The number of amides is 2. The minimum Gasteiger partial charge on any atom is -0.340 e. The first kappa shape index (κ1) is 20.6. The fourth-order valence-electron chi connectivity index (χ4n) is 3.21. The lowest BCUT2D eigenvalue weighted by Gasteiger charge is -2.34. The van der Waals surface area contributed by atoms with Crippen LogP contribution >= 0.6 is 23.2 Å². The first-order chi connectivity index (χ1) is 13.5. The molecule has 28 heavy (non-hydrogen) atoms. The van der Waals surface area contributed by atoms with Gasteiger partial charge in [-0.25, -0.2) is 0 Å². The molecule has 1 saturated heterocycles. The van der Waals surface area contributed by atoms with Gasteiger partial charge in [0.15, 0.2) is 0 Å². The molecule has 2 aromatic rings. The lowest BCUT2D eigenvalue weighted by molar-refractivity contribution is -0.133. The van der Waals surface area contributed by atoms with E-state index in [0.717, 1.165) is 5.56 Å². The van der Waals surface area contributed by atoms with Crippen LogP contribution < -0.4 is 5.32 Å². The van der Waals surface area contributed by atoms with Crippen LogP contribution in [0.5, 0.6) is 0 Å². The summed E-state index contributed by atoms with van der Waals surface area (Å²) in [4.78, 5) is 28.6. The fourth-order valence-corrected chi connectivity index (χ4v) is 3.61. The summed E-state index contributed by atoms with van der Waals surface area (Å²) in [7, 11) is 0. The predicted octanol–water partition coefficient (Wildman–Crippen LogP) is 3.71. The smallest absolute Gasteiger partial charge is 0.238 e. The zero-order valence-electron chi connectivity index (χ0n) is 15.5. The van der Waals surface area contributed by atoms with Crippen molar-refractivity contribution in [1.29, 1.82) is 0 Å². The van der Waals surface area contributed by atoms with Gasteiger partial charge in [-0.3, -0.25) is 14.5 Å². The predicted molar refractivity (Wildman–Crippen MR) is 113 cm³/mol. The standard InChI is InChI=1S/C21H23Cl2N3O2/c22-17-5-3-4-16(14-17)8-9-21(28)26-12-10-25(11-13-26)15-20(27)24-19-7-2-1-6-18(19)23/h1-7,14H,8-13,15H2,(H,24,27). The van der Waals surface area contributed by atoms with E-state index in [2.05, 4.69) is 5.32 Å². The average Bonchev–Trinajstić information content (AvgIpc) is 2.68. The van der Waals surface area contributed by atoms with Gasteiger partial charge in [-0.15, -0.1) is 0 Å². The lowest BCUT2D eigenvalue weighted by atomic mass is 10.1. The fraction of sp³-hybridized carbons (Fsp3) is 0.333. The van der Waals surface area contributed by atoms with E-state index in [1.54, 1.807) is 12.1 Å². The summed E-state index contributed by atoms with van der Waals surface area (Å²) >= 11 is 12.1. The molecule has 1 aliphatic heterocycles. The molecule has 3 rings (SSSR count). The molecule has 1 heterocycles. The number of nitrogens with zero attached hydrogens (tertiary/aromatic N) is 2. The van der Waals surface area contributed by atoms with Crippen molar-refractivity contribution in [2.45, 2.75) is 12.8 Å². The lowest BCUT2D eigenvalue weighted by Crippen LogP contribution is -2.50. The third kappa shape index (κ3) is 5.96. The van der Waals surface area contributed by atoms with Crippen LogP contribution in [-0.4, -0.2) is 54.3 Å². The molecule has 0 bridgehead atoms. The number of anilines is 1. The Hall–Kier alpha value is -2.08. The molecule has 2 amide bonds. The molecule has 5 nitrogen and oxygen atoms in total. The number of para-hydroxylation sites is 1. The summed E-state index contributed by atoms with van der Waals surface area (Å²) in [6.45, 7) is 2.91. The maximum Gasteiger partial charge on any atom is 0.238 e. The summed E-state index contributed by atoms with van der Waals surface area (Å²) in [6, 6.07) is 14.8. The first-order valence-corrected chi connectivity index (χ1v) is 10.1. The largest absolute Gasteiger partial charge is 0.340 e. The van der Waals surface area contributed by atoms with Gasteiger partial charge in [-0.1, -0.05) is 47.5 Å². The van der Waals surface area contributed by atoms with E-state index in [4.69, 9.17) is 23.2 Å². The van der Waals surface area contributed by atoms with Crippen molar-refractivity contribution < 1.29 is 9.59 Å². The number of hydrogen-bond acceptors (Lipinski definition) is 3. The van der Waals surface area contributed by atoms with Gasteiger partial charge in [0.25, 0.3) is 0 Å². The highest BCUT2D eigenvalue weighted by atomic mass is 35.5. The number of nitrogens with one attached hydrogen (secondary N) is 1. The second-order valence-corrected chi connectivity index (χ2v) is 7.66. The van der Waals surface area contributed by atoms with Gasteiger partial charge < -0.3 is 10.2 Å². The molecular weight excluding hydrogens is 397 g/mol. The molecule has 1 aliphatic rings. The number of hydrogen-bond donors (Lipinski definition) is 1. The summed E-state index contributed by atoms with van der Waals surface area (Å²) in [5.74, 6) is 0.0361. The minimum atomic E-state index is -0.103. The van der Waals surface area contributed by atoms with Crippen LogP contribution in [0.25, 0.3) is 0 Å². The first-order valence-electron chi connectivity index (χ1n) is 9.30. The van der Waals surface area contributed by atoms with Crippen molar-refractivity contribution in [3.63, 3.8) is 0 Å². The maximum absolute atomic E-state index is 12.4. The molecule has 0 aromatic heterocycles. The second kappa shape index (κ2) is 9.92. The second-order valence-electron chi connectivity index (χ2n) is 6.81. The average molecular weight is 420 g/mol. The number of piperazine rings is 1. The Bertz CT molecular complexity index is 836. The van der Waals surface area contributed by atoms with E-state index in [-0.39, 0.29) is 18.4 Å². The molecule has 0 atom stereocenters. The van der Waals surface area contributed by atoms with Crippen LogP contribution in [-0.2, 0) is 16.0 Å². The molecule has 2 aromatic carbocycles. The summed E-state index contributed by atoms with van der Waals surface area (Å²) in [5, 5.41) is 4.04. The molecular formula is C21H23Cl2N3O2. The number of benzene rings is 2. The topological polar surface area (TPSA) is 52.7 Å². The Morgan fingerprint density at radius 2 is 1.71 bits per heavy atom. The molecule has 7 heteroatoms. The maximum atomic E-state index is 12.4. The molecule has 0 radical (unpaired) electrons. The normalized spacial score (nSPS) is 14.7. The highest BCUT2D eigenvalue weighted by molar-refractivity contribution is 6.33. The molecule has 1 fully saturated rings. The van der Waals surface area contributed by atoms with Gasteiger partial charge >= 0.3 is 0 Å². The van der Waals surface area contributed by atoms with Gasteiger partial charge in [-0.2, -0.15) is 0 Å². The van der Waals surface area contributed by atoms with Crippen LogP contribution in [0.4, 0.5) is 5.69 Å². The van der Waals surface area contributed by atoms with Crippen molar-refractivity contribution in [3.05, 3.63) is 64.1 Å². The van der Waals surface area contributed by atoms with Crippen LogP contribution in [0.2, 0.25) is 10.0 Å². The number of carbonyl (C=O) groups excluding carboxylic acids is 2. The van der Waals surface area contributed by atoms with Crippen LogP contribution in [0.1, 0.15) is 12.0 Å². The monoisotopic (exact) mass is 419 g/mol. The van der Waals surface area contributed by atoms with E-state index in [0.29, 0.717) is 54.8 Å². The molecule has 0 aliphatic carbocycles. The van der Waals surface area contributed by atoms with Gasteiger partial charge in [-0.05, 0) is 36.2 Å². The van der Waals surface area contributed by atoms with E-state index in [1.807, 2.05) is 46.2 Å². The zero-order chi connectivity index (χ0) is 19.9. The molecule has 0 saturated carbocycles. The van der Waals surface area contributed by atoms with Gasteiger partial charge in [0.2, 0.25) is 11.8 Å². The van der Waals surface area contributed by atoms with Crippen LogP contribution in [0, 0.1) is 0 Å². The summed E-state index contributed by atoms with van der Waals surface area (Å²) < 4.78 is 0. The number of carbonyl (C=O) groups is 2. The van der Waals surface area contributed by atoms with Gasteiger partial charge in [0, 0.05) is 37.6 Å². The minimum absolute atomic E-state index is 0.103. The Kier molecular flexibility index (Phi) is 7.31. The van der Waals surface area contributed by atoms with Crippen molar-refractivity contribution >= 4 is 40.7 Å². The number of halogens is 2. The quantitative estimate of drug-likeness (QED) is 0.776. The Labute approximate surface area is 175 Å². The third-order valence-electron chi connectivity index (χ3n) is 4.76. The Balaban J connectivity index is 1.40. The summed E-state index contributed by atoms with van der Waals surface area (Å²) in [6.07, 6.45) is 1.15. The molecule has 0 spiro atoms. The van der Waals surface area contributed by atoms with E-state index < -0.39 is 0 Å². The van der Waals surface area contributed by atoms with Gasteiger partial charge in [0.05, 0.1) is 17.3 Å². The Morgan fingerprint density at radius 1 is 0.964 bits per heavy atom. The van der Waals surface area contributed by atoms with E-state index >= 15 is 0 Å².